The molecular formula is C35H33NO2. The van der Waals surface area contributed by atoms with E-state index in [-0.39, 0.29) is 18.2 Å². The molecule has 0 N–H and O–H groups in total. The van der Waals surface area contributed by atoms with Crippen LogP contribution in [0.5, 0.6) is 0 Å². The molecule has 0 aromatic heterocycles. The summed E-state index contributed by atoms with van der Waals surface area (Å²) in [6.07, 6.45) is -0.0895. The second kappa shape index (κ2) is 9.06. The molecule has 1 fully saturated rings. The standard InChI is InChI=1S/C35H33NO2/c1-23-28-20-19-25-12-8-10-16-30(25)33(28)32-27(18-17-24-11-7-9-15-29(24)32)21-36(23)31-22-37-35(2,3)38-34(31)26-13-5-4-6-14-26/h4-20,23,31,34H,21-22H2,1-3H3/t23-,31-,34-/m0/s1. The molecule has 5 aromatic carbocycles. The summed E-state index contributed by atoms with van der Waals surface area (Å²) in [5, 5.41) is 5.18. The molecule has 0 unspecified atom stereocenters. The van der Waals surface area contributed by atoms with Gasteiger partial charge in [0.2, 0.25) is 0 Å². The Morgan fingerprint density at radius 2 is 1.34 bits per heavy atom. The molecule has 0 radical (unpaired) electrons. The van der Waals surface area contributed by atoms with Crippen LogP contribution in [0.2, 0.25) is 0 Å². The van der Waals surface area contributed by atoms with Crippen molar-refractivity contribution in [2.24, 2.45) is 0 Å². The lowest BCUT2D eigenvalue weighted by Gasteiger charge is -2.47. The van der Waals surface area contributed by atoms with Crippen LogP contribution >= 0.6 is 0 Å². The Labute approximate surface area is 224 Å². The van der Waals surface area contributed by atoms with E-state index in [0.29, 0.717) is 6.61 Å². The number of ether oxygens (including phenoxy) is 2. The number of rotatable bonds is 2. The van der Waals surface area contributed by atoms with Crippen LogP contribution in [0, 0.1) is 0 Å². The lowest BCUT2D eigenvalue weighted by molar-refractivity contribution is -0.299. The first-order chi connectivity index (χ1) is 18.5. The fourth-order valence-corrected chi connectivity index (χ4v) is 6.57. The molecule has 0 spiro atoms. The van der Waals surface area contributed by atoms with Crippen LogP contribution in [0.3, 0.4) is 0 Å². The van der Waals surface area contributed by atoms with Crippen LogP contribution in [0.25, 0.3) is 32.7 Å². The molecule has 3 heteroatoms. The maximum Gasteiger partial charge on any atom is 0.163 e. The fourth-order valence-electron chi connectivity index (χ4n) is 6.57. The summed E-state index contributed by atoms with van der Waals surface area (Å²) in [7, 11) is 0. The molecule has 1 saturated heterocycles. The molecule has 0 bridgehead atoms. The van der Waals surface area contributed by atoms with Gasteiger partial charge in [0.1, 0.15) is 6.10 Å². The maximum absolute atomic E-state index is 6.67. The van der Waals surface area contributed by atoms with E-state index in [1.165, 1.54) is 49.4 Å². The van der Waals surface area contributed by atoms with Crippen LogP contribution in [0.1, 0.15) is 49.6 Å². The van der Waals surface area contributed by atoms with E-state index in [4.69, 9.17) is 9.47 Å². The molecule has 2 heterocycles. The van der Waals surface area contributed by atoms with Crippen molar-refractivity contribution in [1.82, 2.24) is 4.90 Å². The molecule has 0 amide bonds. The molecule has 2 aliphatic heterocycles. The molecule has 2 aliphatic rings. The van der Waals surface area contributed by atoms with Crippen molar-refractivity contribution < 1.29 is 9.47 Å². The minimum atomic E-state index is -0.631. The van der Waals surface area contributed by atoms with Gasteiger partial charge in [0, 0.05) is 12.6 Å². The first-order valence-corrected chi connectivity index (χ1v) is 13.7. The van der Waals surface area contributed by atoms with E-state index in [9.17, 15) is 0 Å². The zero-order valence-corrected chi connectivity index (χ0v) is 22.2. The van der Waals surface area contributed by atoms with Crippen LogP contribution in [0.4, 0.5) is 0 Å². The van der Waals surface area contributed by atoms with Crippen LogP contribution in [-0.4, -0.2) is 23.3 Å². The highest BCUT2D eigenvalue weighted by molar-refractivity contribution is 6.08. The van der Waals surface area contributed by atoms with E-state index >= 15 is 0 Å². The zero-order chi connectivity index (χ0) is 25.9. The summed E-state index contributed by atoms with van der Waals surface area (Å²) < 4.78 is 13.0. The van der Waals surface area contributed by atoms with E-state index in [1.54, 1.807) is 0 Å². The van der Waals surface area contributed by atoms with Gasteiger partial charge in [-0.05, 0) is 70.1 Å². The first kappa shape index (κ1) is 23.6. The number of hydrogen-bond acceptors (Lipinski definition) is 3. The minimum absolute atomic E-state index is 0.0668. The number of nitrogens with zero attached hydrogens (tertiary/aromatic N) is 1. The Morgan fingerprint density at radius 1 is 0.711 bits per heavy atom. The Bertz CT molecular complexity index is 1640. The van der Waals surface area contributed by atoms with Crippen molar-refractivity contribution in [1.29, 1.82) is 0 Å². The smallest absolute Gasteiger partial charge is 0.163 e. The fraction of sp³-hybridized carbons (Fsp3) is 0.257. The highest BCUT2D eigenvalue weighted by Gasteiger charge is 2.43. The molecule has 5 aromatic rings. The summed E-state index contributed by atoms with van der Waals surface area (Å²) in [4.78, 5) is 2.61. The number of benzene rings is 5. The lowest BCUT2D eigenvalue weighted by atomic mass is 9.86. The Kier molecular flexibility index (Phi) is 5.63. The maximum atomic E-state index is 6.67. The topological polar surface area (TPSA) is 21.7 Å². The molecule has 7 rings (SSSR count). The van der Waals surface area contributed by atoms with Crippen LogP contribution < -0.4 is 0 Å². The van der Waals surface area contributed by atoms with Gasteiger partial charge < -0.3 is 9.47 Å². The lowest BCUT2D eigenvalue weighted by Crippen LogP contribution is -2.52. The zero-order valence-electron chi connectivity index (χ0n) is 22.2. The van der Waals surface area contributed by atoms with E-state index in [1.807, 2.05) is 13.8 Å². The van der Waals surface area contributed by atoms with Crippen molar-refractivity contribution in [2.45, 2.75) is 51.3 Å². The SMILES string of the molecule is C[C@H]1c2ccc3ccccc3c2-c2c(ccc3ccccc23)CN1[C@H]1COC(C)(C)O[C@H]1c1ccccc1. The molecule has 3 nitrogen and oxygen atoms in total. The van der Waals surface area contributed by atoms with Crippen LogP contribution in [-0.2, 0) is 16.0 Å². The predicted octanol–water partition coefficient (Wildman–Crippen LogP) is 8.43. The molecule has 38 heavy (non-hydrogen) atoms. The third-order valence-corrected chi connectivity index (χ3v) is 8.44. The molecule has 0 saturated carbocycles. The highest BCUT2D eigenvalue weighted by Crippen LogP contribution is 2.48. The molecule has 0 aliphatic carbocycles. The van der Waals surface area contributed by atoms with Gasteiger partial charge >= 0.3 is 0 Å². The molecular weight excluding hydrogens is 466 g/mol. The third-order valence-electron chi connectivity index (χ3n) is 8.44. The summed E-state index contributed by atoms with van der Waals surface area (Å²) >= 11 is 0. The van der Waals surface area contributed by atoms with Crippen molar-refractivity contribution in [3.05, 3.63) is 120 Å². The van der Waals surface area contributed by atoms with Gasteiger partial charge in [0.15, 0.2) is 5.79 Å². The molecule has 3 atom stereocenters. The van der Waals surface area contributed by atoms with Gasteiger partial charge in [-0.2, -0.15) is 0 Å². The van der Waals surface area contributed by atoms with Crippen LogP contribution in [0.15, 0.2) is 103 Å². The first-order valence-electron chi connectivity index (χ1n) is 13.7. The van der Waals surface area contributed by atoms with E-state index in [0.717, 1.165) is 6.54 Å². The van der Waals surface area contributed by atoms with Gasteiger partial charge in [0.25, 0.3) is 0 Å². The summed E-state index contributed by atoms with van der Waals surface area (Å²) in [6, 6.07) is 37.7. The average molecular weight is 500 g/mol. The molecule has 190 valence electrons. The second-order valence-corrected chi connectivity index (χ2v) is 11.1. The quantitative estimate of drug-likeness (QED) is 0.243. The Morgan fingerprint density at radius 3 is 2.08 bits per heavy atom. The Hall–Kier alpha value is -3.50. The van der Waals surface area contributed by atoms with Gasteiger partial charge in [-0.3, -0.25) is 4.90 Å². The van der Waals surface area contributed by atoms with Gasteiger partial charge in [-0.25, -0.2) is 0 Å². The monoisotopic (exact) mass is 499 g/mol. The van der Waals surface area contributed by atoms with Crippen molar-refractivity contribution in [2.75, 3.05) is 6.61 Å². The van der Waals surface area contributed by atoms with E-state index in [2.05, 4.69) is 115 Å². The summed E-state index contributed by atoms with van der Waals surface area (Å²) in [5.74, 6) is -0.631. The van der Waals surface area contributed by atoms with Crippen molar-refractivity contribution >= 4 is 21.5 Å². The van der Waals surface area contributed by atoms with Gasteiger partial charge in [-0.15, -0.1) is 0 Å². The second-order valence-electron chi connectivity index (χ2n) is 11.1. The number of hydrogen-bond donors (Lipinski definition) is 0. The third kappa shape index (κ3) is 3.85. The van der Waals surface area contributed by atoms with Gasteiger partial charge in [0.05, 0.1) is 12.6 Å². The minimum Gasteiger partial charge on any atom is -0.349 e. The Balaban J connectivity index is 1.46. The summed E-state index contributed by atoms with van der Waals surface area (Å²) in [6.45, 7) is 7.83. The normalized spacial score (nSPS) is 23.1. The predicted molar refractivity (Wildman–Crippen MR) is 155 cm³/mol. The number of fused-ring (bicyclic) bond motifs is 7. The largest absolute Gasteiger partial charge is 0.349 e. The van der Waals surface area contributed by atoms with Gasteiger partial charge in [-0.1, -0.05) is 103 Å². The van der Waals surface area contributed by atoms with Crippen molar-refractivity contribution in [3.8, 4) is 11.1 Å². The van der Waals surface area contributed by atoms with E-state index < -0.39 is 5.79 Å². The summed E-state index contributed by atoms with van der Waals surface area (Å²) in [5.41, 5.74) is 6.62. The average Bonchev–Trinajstić information content (AvgIpc) is 3.07. The van der Waals surface area contributed by atoms with Crippen molar-refractivity contribution in [3.63, 3.8) is 0 Å². The highest BCUT2D eigenvalue weighted by atomic mass is 16.7.